The van der Waals surface area contributed by atoms with Gasteiger partial charge in [0.15, 0.2) is 6.61 Å². The van der Waals surface area contributed by atoms with E-state index in [0.717, 1.165) is 12.8 Å². The Kier molecular flexibility index (Phi) is 7.18. The predicted octanol–water partition coefficient (Wildman–Crippen LogP) is 4.04. The van der Waals surface area contributed by atoms with Gasteiger partial charge in [0.05, 0.1) is 10.6 Å². The molecule has 1 saturated heterocycles. The topological polar surface area (TPSA) is 58.6 Å². The number of nitrogens with zero attached hydrogens (tertiary/aromatic N) is 1. The predicted molar refractivity (Wildman–Crippen MR) is 110 cm³/mol. The zero-order valence-corrected chi connectivity index (χ0v) is 16.9. The van der Waals surface area contributed by atoms with Crippen molar-refractivity contribution in [2.45, 2.75) is 12.8 Å². The first-order valence-corrected chi connectivity index (χ1v) is 9.97. The Morgan fingerprint density at radius 2 is 1.79 bits per heavy atom. The first-order chi connectivity index (χ1) is 13.5. The molecule has 1 aliphatic heterocycles. The largest absolute Gasteiger partial charge is 0.484 e. The first kappa shape index (κ1) is 20.5. The van der Waals surface area contributed by atoms with Gasteiger partial charge in [0.25, 0.3) is 11.8 Å². The third-order valence-corrected chi connectivity index (χ3v) is 5.36. The second-order valence-electron chi connectivity index (χ2n) is 6.76. The van der Waals surface area contributed by atoms with E-state index in [2.05, 4.69) is 5.32 Å². The molecule has 0 atom stereocenters. The summed E-state index contributed by atoms with van der Waals surface area (Å²) in [5, 5.41) is 3.76. The van der Waals surface area contributed by atoms with E-state index in [1.807, 2.05) is 35.2 Å². The number of hydrogen-bond donors (Lipinski definition) is 1. The smallest absolute Gasteiger partial charge is 0.260 e. The van der Waals surface area contributed by atoms with Gasteiger partial charge in [-0.1, -0.05) is 41.4 Å². The summed E-state index contributed by atoms with van der Waals surface area (Å²) in [7, 11) is 0. The number of benzene rings is 2. The van der Waals surface area contributed by atoms with Crippen molar-refractivity contribution in [2.75, 3.05) is 26.2 Å². The molecule has 5 nitrogen and oxygen atoms in total. The highest BCUT2D eigenvalue weighted by atomic mass is 35.5. The van der Waals surface area contributed by atoms with Crippen LogP contribution < -0.4 is 10.1 Å². The summed E-state index contributed by atoms with van der Waals surface area (Å²) in [6.07, 6.45) is 1.67. The Morgan fingerprint density at radius 1 is 1.07 bits per heavy atom. The van der Waals surface area contributed by atoms with Crippen molar-refractivity contribution in [2.24, 2.45) is 5.92 Å². The number of ether oxygens (including phenoxy) is 1. The molecule has 2 amide bonds. The lowest BCUT2D eigenvalue weighted by Crippen LogP contribution is -2.43. The average Bonchev–Trinajstić information content (AvgIpc) is 2.73. The van der Waals surface area contributed by atoms with Gasteiger partial charge in [-0.05, 0) is 49.1 Å². The summed E-state index contributed by atoms with van der Waals surface area (Å²) in [5.74, 6) is 0.758. The van der Waals surface area contributed by atoms with Crippen molar-refractivity contribution in [1.29, 1.82) is 0 Å². The molecule has 1 N–H and O–H groups in total. The number of rotatable bonds is 6. The molecule has 0 spiro atoms. The number of amides is 2. The highest BCUT2D eigenvalue weighted by Gasteiger charge is 2.23. The third-order valence-electron chi connectivity index (χ3n) is 4.80. The van der Waals surface area contributed by atoms with Gasteiger partial charge in [-0.15, -0.1) is 0 Å². The molecule has 0 aromatic heterocycles. The van der Waals surface area contributed by atoms with E-state index >= 15 is 0 Å². The molecule has 0 unspecified atom stereocenters. The maximum Gasteiger partial charge on any atom is 0.260 e. The van der Waals surface area contributed by atoms with Crippen LogP contribution in [0.2, 0.25) is 10.0 Å². The molecule has 3 rings (SSSR count). The Bertz CT molecular complexity index is 822. The molecule has 0 aliphatic carbocycles. The van der Waals surface area contributed by atoms with Crippen molar-refractivity contribution in [3.05, 3.63) is 64.1 Å². The van der Waals surface area contributed by atoms with Gasteiger partial charge in [0.1, 0.15) is 5.75 Å². The first-order valence-electron chi connectivity index (χ1n) is 9.22. The fourth-order valence-electron chi connectivity index (χ4n) is 3.14. The summed E-state index contributed by atoms with van der Waals surface area (Å²) in [4.78, 5) is 26.4. The number of nitrogens with one attached hydrogen (secondary N) is 1. The minimum atomic E-state index is -0.234. The Hall–Kier alpha value is -2.24. The van der Waals surface area contributed by atoms with E-state index in [0.29, 0.717) is 46.9 Å². The second-order valence-corrected chi connectivity index (χ2v) is 7.60. The minimum Gasteiger partial charge on any atom is -0.484 e. The van der Waals surface area contributed by atoms with Crippen molar-refractivity contribution in [1.82, 2.24) is 10.2 Å². The summed E-state index contributed by atoms with van der Waals surface area (Å²) in [6, 6.07) is 14.1. The van der Waals surface area contributed by atoms with Crippen LogP contribution in [0.5, 0.6) is 5.75 Å². The fraction of sp³-hybridized carbons (Fsp3) is 0.333. The van der Waals surface area contributed by atoms with Crippen molar-refractivity contribution >= 4 is 35.0 Å². The lowest BCUT2D eigenvalue weighted by Gasteiger charge is -2.32. The second kappa shape index (κ2) is 9.80. The number of hydrogen-bond acceptors (Lipinski definition) is 3. The SMILES string of the molecule is O=C(NCC1CCN(C(=O)COc2ccccc2)CC1)c1cc(Cl)ccc1Cl. The molecule has 1 aliphatic rings. The van der Waals surface area contributed by atoms with Crippen LogP contribution in [0.4, 0.5) is 0 Å². The zero-order chi connectivity index (χ0) is 19.9. The summed E-state index contributed by atoms with van der Waals surface area (Å²) < 4.78 is 5.53. The Morgan fingerprint density at radius 3 is 2.50 bits per heavy atom. The molecule has 2 aromatic carbocycles. The van der Waals surface area contributed by atoms with Gasteiger partial charge < -0.3 is 15.0 Å². The number of para-hydroxylation sites is 1. The molecule has 0 saturated carbocycles. The Balaban J connectivity index is 1.41. The molecule has 2 aromatic rings. The monoisotopic (exact) mass is 420 g/mol. The molecule has 0 bridgehead atoms. The van der Waals surface area contributed by atoms with Crippen molar-refractivity contribution < 1.29 is 14.3 Å². The number of halogens is 2. The number of likely N-dealkylation sites (tertiary alicyclic amines) is 1. The molecule has 1 heterocycles. The zero-order valence-electron chi connectivity index (χ0n) is 15.4. The van der Waals surface area contributed by atoms with E-state index in [-0.39, 0.29) is 18.4 Å². The van der Waals surface area contributed by atoms with Crippen LogP contribution in [0.15, 0.2) is 48.5 Å². The fourth-order valence-corrected chi connectivity index (χ4v) is 3.52. The third kappa shape index (κ3) is 5.63. The van der Waals surface area contributed by atoms with E-state index < -0.39 is 0 Å². The summed E-state index contributed by atoms with van der Waals surface area (Å²) in [6.45, 7) is 1.91. The van der Waals surface area contributed by atoms with E-state index in [1.165, 1.54) is 0 Å². The van der Waals surface area contributed by atoms with Crippen molar-refractivity contribution in [3.8, 4) is 5.75 Å². The quantitative estimate of drug-likeness (QED) is 0.766. The standard InChI is InChI=1S/C21H22Cl2N2O3/c22-16-6-7-19(23)18(12-16)21(27)24-13-15-8-10-25(11-9-15)20(26)14-28-17-4-2-1-3-5-17/h1-7,12,15H,8-11,13-14H2,(H,24,27). The van der Waals surface area contributed by atoms with Crippen LogP contribution in [-0.4, -0.2) is 43.0 Å². The molecule has 28 heavy (non-hydrogen) atoms. The van der Waals surface area contributed by atoms with Gasteiger partial charge in [-0.2, -0.15) is 0 Å². The van der Waals surface area contributed by atoms with Crippen LogP contribution in [0.25, 0.3) is 0 Å². The Labute approximate surface area is 174 Å². The van der Waals surface area contributed by atoms with Crippen LogP contribution in [0.1, 0.15) is 23.2 Å². The van der Waals surface area contributed by atoms with Gasteiger partial charge in [-0.3, -0.25) is 9.59 Å². The van der Waals surface area contributed by atoms with Crippen LogP contribution >= 0.6 is 23.2 Å². The van der Waals surface area contributed by atoms with Gasteiger partial charge in [0.2, 0.25) is 0 Å². The summed E-state index contributed by atoms with van der Waals surface area (Å²) in [5.41, 5.74) is 0.375. The van der Waals surface area contributed by atoms with E-state index in [9.17, 15) is 9.59 Å². The molecule has 0 radical (unpaired) electrons. The molecule has 7 heteroatoms. The lowest BCUT2D eigenvalue weighted by atomic mass is 9.96. The highest BCUT2D eigenvalue weighted by Crippen LogP contribution is 2.21. The number of carbonyl (C=O) groups excluding carboxylic acids is 2. The molecule has 148 valence electrons. The van der Waals surface area contributed by atoms with Gasteiger partial charge >= 0.3 is 0 Å². The average molecular weight is 421 g/mol. The van der Waals surface area contributed by atoms with Gasteiger partial charge in [0, 0.05) is 24.7 Å². The van der Waals surface area contributed by atoms with Crippen molar-refractivity contribution in [3.63, 3.8) is 0 Å². The highest BCUT2D eigenvalue weighted by molar-refractivity contribution is 6.35. The number of carbonyl (C=O) groups is 2. The van der Waals surface area contributed by atoms with E-state index in [4.69, 9.17) is 27.9 Å². The summed E-state index contributed by atoms with van der Waals surface area (Å²) >= 11 is 12.0. The van der Waals surface area contributed by atoms with E-state index in [1.54, 1.807) is 18.2 Å². The molecular weight excluding hydrogens is 399 g/mol. The maximum absolute atomic E-state index is 12.3. The van der Waals surface area contributed by atoms with Crippen LogP contribution in [0, 0.1) is 5.92 Å². The van der Waals surface area contributed by atoms with Gasteiger partial charge in [-0.25, -0.2) is 0 Å². The molecular formula is C21H22Cl2N2O3. The number of piperidine rings is 1. The molecule has 1 fully saturated rings. The van der Waals surface area contributed by atoms with Crippen LogP contribution in [0.3, 0.4) is 0 Å². The minimum absolute atomic E-state index is 0.0166. The van der Waals surface area contributed by atoms with Crippen LogP contribution in [-0.2, 0) is 4.79 Å². The normalized spacial score (nSPS) is 14.6. The lowest BCUT2D eigenvalue weighted by molar-refractivity contribution is -0.134. The maximum atomic E-state index is 12.3.